The molecular weight excluding hydrogens is 502 g/mol. The average Bonchev–Trinajstić information content (AvgIpc) is 3.17. The topological polar surface area (TPSA) is 81.8 Å². The summed E-state index contributed by atoms with van der Waals surface area (Å²) in [5.74, 6) is 0.910. The number of para-hydroxylation sites is 2. The van der Waals surface area contributed by atoms with E-state index in [9.17, 15) is 9.59 Å². The summed E-state index contributed by atoms with van der Waals surface area (Å²) in [4.78, 5) is 39.9. The molecule has 2 saturated heterocycles. The van der Waals surface area contributed by atoms with Crippen molar-refractivity contribution in [2.24, 2.45) is 5.92 Å². The van der Waals surface area contributed by atoms with Crippen molar-refractivity contribution in [1.82, 2.24) is 19.8 Å². The number of carbonyl (C=O) groups is 2. The lowest BCUT2D eigenvalue weighted by Gasteiger charge is -2.35. The molecule has 38 heavy (non-hydrogen) atoms. The highest BCUT2D eigenvalue weighted by Gasteiger charge is 2.32. The second-order valence-corrected chi connectivity index (χ2v) is 11.6. The van der Waals surface area contributed by atoms with Gasteiger partial charge in [-0.05, 0) is 70.4 Å². The number of anilines is 1. The SMILES string of the molecule is CC(C)(C)OC(=O)N1CCC(C(=O)N2CCCN(c3ccc(Cl)c(-c4nc5ccccc5[nH]4)c3)CC2)CC1. The fourth-order valence-corrected chi connectivity index (χ4v) is 5.47. The Morgan fingerprint density at radius 3 is 2.47 bits per heavy atom. The van der Waals surface area contributed by atoms with E-state index in [1.807, 2.05) is 62.1 Å². The third-order valence-corrected chi connectivity index (χ3v) is 7.59. The van der Waals surface area contributed by atoms with Gasteiger partial charge in [0.05, 0.1) is 16.1 Å². The van der Waals surface area contributed by atoms with Crippen molar-refractivity contribution in [3.63, 3.8) is 0 Å². The number of benzene rings is 2. The first-order valence-electron chi connectivity index (χ1n) is 13.4. The number of rotatable bonds is 3. The van der Waals surface area contributed by atoms with Crippen molar-refractivity contribution >= 4 is 40.3 Å². The molecule has 8 nitrogen and oxygen atoms in total. The molecule has 0 aliphatic carbocycles. The first-order chi connectivity index (χ1) is 18.2. The molecule has 2 aromatic carbocycles. The number of fused-ring (bicyclic) bond motifs is 1. The molecular formula is C29H36ClN5O3. The van der Waals surface area contributed by atoms with Gasteiger partial charge in [-0.3, -0.25) is 4.79 Å². The molecule has 0 saturated carbocycles. The van der Waals surface area contributed by atoms with E-state index >= 15 is 0 Å². The number of amides is 2. The summed E-state index contributed by atoms with van der Waals surface area (Å²) in [6, 6.07) is 14.0. The number of likely N-dealkylation sites (tertiary alicyclic amines) is 1. The molecule has 2 fully saturated rings. The summed E-state index contributed by atoms with van der Waals surface area (Å²) in [5, 5.41) is 0.650. The number of hydrogen-bond donors (Lipinski definition) is 1. The molecule has 2 aliphatic heterocycles. The number of piperidine rings is 1. The van der Waals surface area contributed by atoms with Crippen molar-refractivity contribution < 1.29 is 14.3 Å². The van der Waals surface area contributed by atoms with Crippen LogP contribution in [0.2, 0.25) is 5.02 Å². The first-order valence-corrected chi connectivity index (χ1v) is 13.8. The lowest BCUT2D eigenvalue weighted by atomic mass is 9.95. The number of ether oxygens (including phenoxy) is 1. The maximum absolute atomic E-state index is 13.4. The predicted molar refractivity (Wildman–Crippen MR) is 150 cm³/mol. The van der Waals surface area contributed by atoms with Gasteiger partial charge in [-0.25, -0.2) is 9.78 Å². The molecule has 5 rings (SSSR count). The van der Waals surface area contributed by atoms with E-state index < -0.39 is 5.60 Å². The summed E-state index contributed by atoms with van der Waals surface area (Å²) in [6.45, 7) is 9.75. The van der Waals surface area contributed by atoms with Crippen LogP contribution in [0.1, 0.15) is 40.0 Å². The molecule has 0 atom stereocenters. The molecule has 0 unspecified atom stereocenters. The fraction of sp³-hybridized carbons (Fsp3) is 0.483. The highest BCUT2D eigenvalue weighted by Crippen LogP contribution is 2.32. The summed E-state index contributed by atoms with van der Waals surface area (Å²) in [7, 11) is 0. The summed E-state index contributed by atoms with van der Waals surface area (Å²) < 4.78 is 5.49. The lowest BCUT2D eigenvalue weighted by molar-refractivity contribution is -0.136. The van der Waals surface area contributed by atoms with Gasteiger partial charge in [0.1, 0.15) is 11.4 Å². The minimum absolute atomic E-state index is 0.0459. The van der Waals surface area contributed by atoms with Crippen molar-refractivity contribution in [3.05, 3.63) is 47.5 Å². The van der Waals surface area contributed by atoms with Crippen LogP contribution in [-0.2, 0) is 9.53 Å². The molecule has 2 aliphatic rings. The van der Waals surface area contributed by atoms with Crippen LogP contribution in [0.25, 0.3) is 22.4 Å². The van der Waals surface area contributed by atoms with Crippen LogP contribution >= 0.6 is 11.6 Å². The van der Waals surface area contributed by atoms with Gasteiger partial charge in [-0.2, -0.15) is 0 Å². The van der Waals surface area contributed by atoms with E-state index in [2.05, 4.69) is 16.0 Å². The zero-order chi connectivity index (χ0) is 26.9. The summed E-state index contributed by atoms with van der Waals surface area (Å²) in [5.41, 5.74) is 3.31. The molecule has 3 aromatic rings. The van der Waals surface area contributed by atoms with Gasteiger partial charge < -0.3 is 24.4 Å². The second kappa shape index (κ2) is 10.8. The first kappa shape index (κ1) is 26.4. The Morgan fingerprint density at radius 1 is 0.974 bits per heavy atom. The van der Waals surface area contributed by atoms with Gasteiger partial charge in [-0.1, -0.05) is 23.7 Å². The monoisotopic (exact) mass is 537 g/mol. The van der Waals surface area contributed by atoms with Gasteiger partial charge in [0.25, 0.3) is 0 Å². The maximum Gasteiger partial charge on any atom is 0.410 e. The Labute approximate surface area is 228 Å². The van der Waals surface area contributed by atoms with Gasteiger partial charge in [0.15, 0.2) is 0 Å². The van der Waals surface area contributed by atoms with Crippen molar-refractivity contribution in [2.75, 3.05) is 44.2 Å². The van der Waals surface area contributed by atoms with Gasteiger partial charge in [-0.15, -0.1) is 0 Å². The predicted octanol–water partition coefficient (Wildman–Crippen LogP) is 5.57. The van der Waals surface area contributed by atoms with E-state index in [0.717, 1.165) is 54.2 Å². The smallest absolute Gasteiger partial charge is 0.410 e. The van der Waals surface area contributed by atoms with Gasteiger partial charge in [0.2, 0.25) is 5.91 Å². The number of aromatic amines is 1. The van der Waals surface area contributed by atoms with Crippen LogP contribution < -0.4 is 4.90 Å². The van der Waals surface area contributed by atoms with Crippen LogP contribution in [-0.4, -0.2) is 76.6 Å². The fourth-order valence-electron chi connectivity index (χ4n) is 5.26. The molecule has 0 spiro atoms. The minimum atomic E-state index is -0.515. The molecule has 0 bridgehead atoms. The van der Waals surface area contributed by atoms with E-state index in [-0.39, 0.29) is 17.9 Å². The largest absolute Gasteiger partial charge is 0.444 e. The highest BCUT2D eigenvalue weighted by atomic mass is 35.5. The quantitative estimate of drug-likeness (QED) is 0.472. The Kier molecular flexibility index (Phi) is 7.52. The Morgan fingerprint density at radius 2 is 1.74 bits per heavy atom. The number of hydrogen-bond acceptors (Lipinski definition) is 5. The molecule has 1 aromatic heterocycles. The molecule has 9 heteroatoms. The Balaban J connectivity index is 1.20. The van der Waals surface area contributed by atoms with E-state index in [4.69, 9.17) is 21.3 Å². The number of halogens is 1. The van der Waals surface area contributed by atoms with Crippen molar-refractivity contribution in [3.8, 4) is 11.4 Å². The molecule has 1 N–H and O–H groups in total. The molecule has 3 heterocycles. The second-order valence-electron chi connectivity index (χ2n) is 11.2. The normalized spacial score (nSPS) is 17.5. The van der Waals surface area contributed by atoms with Crippen molar-refractivity contribution in [1.29, 1.82) is 0 Å². The zero-order valence-electron chi connectivity index (χ0n) is 22.4. The number of imidazole rings is 1. The third kappa shape index (κ3) is 5.90. The van der Waals surface area contributed by atoms with E-state index in [0.29, 0.717) is 37.5 Å². The van der Waals surface area contributed by atoms with Crippen LogP contribution in [0.15, 0.2) is 42.5 Å². The van der Waals surface area contributed by atoms with Crippen molar-refractivity contribution in [2.45, 2.75) is 45.6 Å². The zero-order valence-corrected chi connectivity index (χ0v) is 23.1. The van der Waals surface area contributed by atoms with Gasteiger partial charge in [0, 0.05) is 56.4 Å². The van der Waals surface area contributed by atoms with Gasteiger partial charge >= 0.3 is 6.09 Å². The third-order valence-electron chi connectivity index (χ3n) is 7.26. The van der Waals surface area contributed by atoms with E-state index in [1.165, 1.54) is 0 Å². The number of nitrogens with one attached hydrogen (secondary N) is 1. The molecule has 2 amide bonds. The maximum atomic E-state index is 13.4. The molecule has 0 radical (unpaired) electrons. The Bertz CT molecular complexity index is 1280. The average molecular weight is 538 g/mol. The molecule has 202 valence electrons. The van der Waals surface area contributed by atoms with Crippen LogP contribution in [0, 0.1) is 5.92 Å². The summed E-state index contributed by atoms with van der Waals surface area (Å²) >= 11 is 6.58. The summed E-state index contributed by atoms with van der Waals surface area (Å²) in [6.07, 6.45) is 1.95. The standard InChI is InChI=1S/C29H36ClN5O3/c1-29(2,3)38-28(37)35-15-11-20(12-16-35)27(36)34-14-6-13-33(17-18-34)21-9-10-23(30)22(19-21)26-31-24-7-4-5-8-25(24)32-26/h4-5,7-10,19-20H,6,11-18H2,1-3H3,(H,31,32). The van der Waals surface area contributed by atoms with Crippen LogP contribution in [0.4, 0.5) is 10.5 Å². The van der Waals surface area contributed by atoms with E-state index in [1.54, 1.807) is 4.90 Å². The highest BCUT2D eigenvalue weighted by molar-refractivity contribution is 6.33. The number of aromatic nitrogens is 2. The minimum Gasteiger partial charge on any atom is -0.444 e. The van der Waals surface area contributed by atoms with Crippen LogP contribution in [0.5, 0.6) is 0 Å². The lowest BCUT2D eigenvalue weighted by Crippen LogP contribution is -2.46. The Hall–Kier alpha value is -3.26. The number of nitrogens with zero attached hydrogens (tertiary/aromatic N) is 4. The number of H-pyrrole nitrogens is 1. The van der Waals surface area contributed by atoms with Crippen LogP contribution in [0.3, 0.4) is 0 Å². The number of carbonyl (C=O) groups excluding carboxylic acids is 2.